The smallest absolute Gasteiger partial charge is 0.336 e. The molecule has 0 bridgehead atoms. The zero-order chi connectivity index (χ0) is 17.4. The first-order chi connectivity index (χ1) is 12.1. The van der Waals surface area contributed by atoms with Gasteiger partial charge in [-0.25, -0.2) is 4.79 Å². The van der Waals surface area contributed by atoms with E-state index in [2.05, 4.69) is 26.1 Å². The van der Waals surface area contributed by atoms with Crippen LogP contribution in [-0.2, 0) is 6.61 Å². The zero-order valence-corrected chi connectivity index (χ0v) is 14.6. The van der Waals surface area contributed by atoms with Crippen molar-refractivity contribution in [1.82, 2.24) is 10.2 Å². The SMILES string of the molecule is Cc1cc(=O)oc2cc(OCc3nnc(-c4ccc(Br)o4)o3)ccc12. The van der Waals surface area contributed by atoms with Gasteiger partial charge in [-0.2, -0.15) is 0 Å². The van der Waals surface area contributed by atoms with E-state index >= 15 is 0 Å². The molecule has 4 aromatic rings. The first-order valence-electron chi connectivity index (χ1n) is 7.34. The molecule has 0 unspecified atom stereocenters. The van der Waals surface area contributed by atoms with E-state index in [1.54, 1.807) is 24.3 Å². The van der Waals surface area contributed by atoms with Gasteiger partial charge in [0.15, 0.2) is 17.0 Å². The lowest BCUT2D eigenvalue weighted by Crippen LogP contribution is -1.99. The van der Waals surface area contributed by atoms with Crippen molar-refractivity contribution in [2.75, 3.05) is 0 Å². The number of ether oxygens (including phenoxy) is 1. The molecule has 1 aromatic carbocycles. The number of hydrogen-bond acceptors (Lipinski definition) is 7. The number of aryl methyl sites for hydroxylation is 1. The largest absolute Gasteiger partial charge is 0.484 e. The highest BCUT2D eigenvalue weighted by Gasteiger charge is 2.13. The van der Waals surface area contributed by atoms with Crippen molar-refractivity contribution in [1.29, 1.82) is 0 Å². The van der Waals surface area contributed by atoms with Crippen LogP contribution in [0.3, 0.4) is 0 Å². The molecule has 0 aliphatic carbocycles. The Balaban J connectivity index is 1.52. The molecule has 126 valence electrons. The van der Waals surface area contributed by atoms with Gasteiger partial charge in [0.25, 0.3) is 11.8 Å². The highest BCUT2D eigenvalue weighted by atomic mass is 79.9. The summed E-state index contributed by atoms with van der Waals surface area (Å²) in [5, 5.41) is 8.69. The molecule has 4 rings (SSSR count). The quantitative estimate of drug-likeness (QED) is 0.474. The maximum Gasteiger partial charge on any atom is 0.336 e. The molecule has 8 heteroatoms. The van der Waals surface area contributed by atoms with Gasteiger partial charge in [-0.05, 0) is 52.7 Å². The van der Waals surface area contributed by atoms with Crippen LogP contribution < -0.4 is 10.4 Å². The predicted octanol–water partition coefficient (Wildman–Crippen LogP) is 4.09. The Kier molecular flexibility index (Phi) is 3.89. The van der Waals surface area contributed by atoms with Crippen molar-refractivity contribution >= 4 is 26.9 Å². The molecule has 0 aliphatic rings. The van der Waals surface area contributed by atoms with Crippen molar-refractivity contribution in [3.63, 3.8) is 0 Å². The Hall–Kier alpha value is -2.87. The van der Waals surface area contributed by atoms with Crippen LogP contribution in [0.25, 0.3) is 22.6 Å². The lowest BCUT2D eigenvalue weighted by molar-refractivity contribution is 0.263. The monoisotopic (exact) mass is 402 g/mol. The van der Waals surface area contributed by atoms with Crippen LogP contribution in [0, 0.1) is 6.92 Å². The van der Waals surface area contributed by atoms with Gasteiger partial charge in [-0.1, -0.05) is 0 Å². The van der Waals surface area contributed by atoms with E-state index in [0.29, 0.717) is 27.7 Å². The molecule has 0 saturated carbocycles. The van der Waals surface area contributed by atoms with Crippen molar-refractivity contribution in [2.45, 2.75) is 13.5 Å². The molecule has 7 nitrogen and oxygen atoms in total. The second-order valence-electron chi connectivity index (χ2n) is 5.30. The van der Waals surface area contributed by atoms with Gasteiger partial charge in [-0.15, -0.1) is 10.2 Å². The van der Waals surface area contributed by atoms with Gasteiger partial charge in [0.2, 0.25) is 0 Å². The molecule has 0 N–H and O–H groups in total. The van der Waals surface area contributed by atoms with E-state index in [1.807, 2.05) is 13.0 Å². The minimum Gasteiger partial charge on any atom is -0.484 e. The number of fused-ring (bicyclic) bond motifs is 1. The number of furan rings is 1. The molecular weight excluding hydrogens is 392 g/mol. The summed E-state index contributed by atoms with van der Waals surface area (Å²) in [6, 6.07) is 10.2. The highest BCUT2D eigenvalue weighted by molar-refractivity contribution is 9.10. The third-order valence-electron chi connectivity index (χ3n) is 3.54. The van der Waals surface area contributed by atoms with Gasteiger partial charge in [-0.3, -0.25) is 0 Å². The second-order valence-corrected chi connectivity index (χ2v) is 6.08. The van der Waals surface area contributed by atoms with Crippen LogP contribution in [0.1, 0.15) is 11.5 Å². The number of benzene rings is 1. The highest BCUT2D eigenvalue weighted by Crippen LogP contribution is 2.25. The Bertz CT molecular complexity index is 1110. The average molecular weight is 403 g/mol. The number of aromatic nitrogens is 2. The summed E-state index contributed by atoms with van der Waals surface area (Å²) >= 11 is 3.22. The lowest BCUT2D eigenvalue weighted by atomic mass is 10.1. The van der Waals surface area contributed by atoms with E-state index < -0.39 is 5.63 Å². The predicted molar refractivity (Wildman–Crippen MR) is 91.3 cm³/mol. The molecule has 25 heavy (non-hydrogen) atoms. The van der Waals surface area contributed by atoms with Gasteiger partial charge in [0.1, 0.15) is 11.3 Å². The number of rotatable bonds is 4. The van der Waals surface area contributed by atoms with Crippen LogP contribution in [-0.4, -0.2) is 10.2 Å². The summed E-state index contributed by atoms with van der Waals surface area (Å²) in [4.78, 5) is 11.5. The Labute approximate surface area is 149 Å². The van der Waals surface area contributed by atoms with Crippen molar-refractivity contribution in [3.8, 4) is 17.4 Å². The van der Waals surface area contributed by atoms with Crippen LogP contribution in [0.4, 0.5) is 0 Å². The Morgan fingerprint density at radius 1 is 1.08 bits per heavy atom. The normalized spacial score (nSPS) is 11.1. The van der Waals surface area contributed by atoms with Crippen LogP contribution in [0.15, 0.2) is 59.1 Å². The molecule has 0 amide bonds. The van der Waals surface area contributed by atoms with Gasteiger partial charge in [0.05, 0.1) is 0 Å². The number of nitrogens with zero attached hydrogens (tertiary/aromatic N) is 2. The summed E-state index contributed by atoms with van der Waals surface area (Å²) in [7, 11) is 0. The van der Waals surface area contributed by atoms with Gasteiger partial charge >= 0.3 is 5.63 Å². The lowest BCUT2D eigenvalue weighted by Gasteiger charge is -2.05. The number of hydrogen-bond donors (Lipinski definition) is 0. The molecule has 3 heterocycles. The van der Waals surface area contributed by atoms with Crippen molar-refractivity contribution in [3.05, 3.63) is 62.9 Å². The van der Waals surface area contributed by atoms with Crippen LogP contribution in [0.2, 0.25) is 0 Å². The third-order valence-corrected chi connectivity index (χ3v) is 3.96. The van der Waals surface area contributed by atoms with Crippen LogP contribution in [0.5, 0.6) is 5.75 Å². The minimum atomic E-state index is -0.395. The molecule has 0 saturated heterocycles. The number of halogens is 1. The third kappa shape index (κ3) is 3.20. The molecular formula is C17H11BrN2O5. The fourth-order valence-corrected chi connectivity index (χ4v) is 2.69. The molecule has 0 spiro atoms. The molecule has 0 fully saturated rings. The summed E-state index contributed by atoms with van der Waals surface area (Å²) in [5.74, 6) is 1.56. The average Bonchev–Trinajstić information content (AvgIpc) is 3.21. The first kappa shape index (κ1) is 15.6. The van der Waals surface area contributed by atoms with E-state index in [4.69, 9.17) is 18.0 Å². The maximum atomic E-state index is 11.5. The molecule has 3 aromatic heterocycles. The summed E-state index contributed by atoms with van der Waals surface area (Å²) in [5.41, 5.74) is 0.923. The molecule has 0 atom stereocenters. The van der Waals surface area contributed by atoms with E-state index in [9.17, 15) is 4.79 Å². The summed E-state index contributed by atoms with van der Waals surface area (Å²) in [6.07, 6.45) is 0. The Morgan fingerprint density at radius 2 is 1.96 bits per heavy atom. The fourth-order valence-electron chi connectivity index (χ4n) is 2.38. The molecule has 0 radical (unpaired) electrons. The second kappa shape index (κ2) is 6.21. The molecule has 0 aliphatic heterocycles. The minimum absolute atomic E-state index is 0.0798. The van der Waals surface area contributed by atoms with Gasteiger partial charge < -0.3 is 18.0 Å². The van der Waals surface area contributed by atoms with Crippen LogP contribution >= 0.6 is 15.9 Å². The van der Waals surface area contributed by atoms with E-state index in [0.717, 1.165) is 10.9 Å². The zero-order valence-electron chi connectivity index (χ0n) is 13.0. The summed E-state index contributed by atoms with van der Waals surface area (Å²) < 4.78 is 22.3. The van der Waals surface area contributed by atoms with E-state index in [-0.39, 0.29) is 12.5 Å². The Morgan fingerprint density at radius 3 is 2.76 bits per heavy atom. The van der Waals surface area contributed by atoms with Crippen molar-refractivity contribution in [2.24, 2.45) is 0 Å². The topological polar surface area (TPSA) is 91.5 Å². The van der Waals surface area contributed by atoms with Gasteiger partial charge in [0, 0.05) is 17.5 Å². The summed E-state index contributed by atoms with van der Waals surface area (Å²) in [6.45, 7) is 1.93. The van der Waals surface area contributed by atoms with Crippen molar-refractivity contribution < 1.29 is 18.0 Å². The van der Waals surface area contributed by atoms with E-state index in [1.165, 1.54) is 6.07 Å². The first-order valence-corrected chi connectivity index (χ1v) is 8.13. The standard InChI is InChI=1S/C17H11BrN2O5/c1-9-6-16(21)24-13-7-10(2-3-11(9)13)22-8-15-19-20-17(25-15)12-4-5-14(18)23-12/h2-7H,8H2,1H3. The fraction of sp³-hybridized carbons (Fsp3) is 0.118. The maximum absolute atomic E-state index is 11.5.